The number of anilines is 1. The number of rotatable bonds is 11. The molecule has 1 aromatic heterocycles. The zero-order chi connectivity index (χ0) is 24.8. The highest BCUT2D eigenvalue weighted by Crippen LogP contribution is 2.49. The van der Waals surface area contributed by atoms with Gasteiger partial charge in [0.25, 0.3) is 0 Å². The van der Waals surface area contributed by atoms with Gasteiger partial charge in [-0.3, -0.25) is 4.79 Å². The van der Waals surface area contributed by atoms with Gasteiger partial charge in [-0.05, 0) is 62.0 Å². The summed E-state index contributed by atoms with van der Waals surface area (Å²) < 4.78 is 25.6. The third-order valence-corrected chi connectivity index (χ3v) is 7.19. The van der Waals surface area contributed by atoms with Crippen molar-refractivity contribution in [1.82, 2.24) is 14.9 Å². The van der Waals surface area contributed by atoms with Crippen molar-refractivity contribution >= 4 is 11.9 Å². The molecule has 35 heavy (non-hydrogen) atoms. The molecule has 0 spiro atoms. The second-order valence-electron chi connectivity index (χ2n) is 9.87. The predicted octanol–water partition coefficient (Wildman–Crippen LogP) is 4.10. The van der Waals surface area contributed by atoms with Gasteiger partial charge in [0.1, 0.15) is 11.6 Å². The first-order valence-corrected chi connectivity index (χ1v) is 12.7. The van der Waals surface area contributed by atoms with Gasteiger partial charge in [0.15, 0.2) is 0 Å². The summed E-state index contributed by atoms with van der Waals surface area (Å²) in [5, 5.41) is 0. The number of likely N-dealkylation sites (N-methyl/N-ethyl adjacent to an activating group) is 1. The number of halogens is 1. The van der Waals surface area contributed by atoms with Crippen LogP contribution in [-0.2, 0) is 22.6 Å². The zero-order valence-corrected chi connectivity index (χ0v) is 21.1. The van der Waals surface area contributed by atoms with E-state index in [2.05, 4.69) is 14.9 Å². The molecule has 7 nitrogen and oxygen atoms in total. The van der Waals surface area contributed by atoms with Gasteiger partial charge in [0.2, 0.25) is 11.9 Å². The summed E-state index contributed by atoms with van der Waals surface area (Å²) in [4.78, 5) is 24.6. The summed E-state index contributed by atoms with van der Waals surface area (Å²) in [7, 11) is 3.34. The third kappa shape index (κ3) is 6.90. The quantitative estimate of drug-likeness (QED) is 0.478. The summed E-state index contributed by atoms with van der Waals surface area (Å²) in [6.07, 6.45) is 8.39. The van der Waals surface area contributed by atoms with Crippen LogP contribution in [0.25, 0.3) is 0 Å². The number of amides is 1. The average Bonchev–Trinajstić information content (AvgIpc) is 3.64. The average molecular weight is 485 g/mol. The van der Waals surface area contributed by atoms with Crippen LogP contribution in [0, 0.1) is 23.6 Å². The van der Waals surface area contributed by atoms with E-state index in [-0.39, 0.29) is 18.1 Å². The summed E-state index contributed by atoms with van der Waals surface area (Å²) in [6.45, 7) is 5.82. The summed E-state index contributed by atoms with van der Waals surface area (Å²) in [5.41, 5.74) is 1.41. The van der Waals surface area contributed by atoms with E-state index in [9.17, 15) is 9.18 Å². The van der Waals surface area contributed by atoms with E-state index in [0.29, 0.717) is 37.1 Å². The molecule has 1 aliphatic heterocycles. The highest BCUT2D eigenvalue weighted by molar-refractivity contribution is 5.78. The number of aromatic nitrogens is 2. The Bertz CT molecular complexity index is 977. The number of hydrogen-bond acceptors (Lipinski definition) is 6. The standard InChI is InChI=1S/C27H37FN4O3/c1-4-34-18-19-16-29-27(30-17-19)32-10-7-20(8-11-32)24-13-21(24)9-12-35-23-6-5-22(25(28)15-23)14-26(33)31(2)3/h5-6,15-17,20-21,24H,4,7-14,18H2,1-3H3/t21?,24-/m1/s1. The fourth-order valence-electron chi connectivity index (χ4n) is 4.92. The lowest BCUT2D eigenvalue weighted by atomic mass is 9.90. The number of hydrogen-bond donors (Lipinski definition) is 0. The fourth-order valence-corrected chi connectivity index (χ4v) is 4.92. The summed E-state index contributed by atoms with van der Waals surface area (Å²) in [5.74, 6) is 3.05. The summed E-state index contributed by atoms with van der Waals surface area (Å²) in [6, 6.07) is 4.80. The van der Waals surface area contributed by atoms with Crippen molar-refractivity contribution in [3.8, 4) is 5.75 Å². The van der Waals surface area contributed by atoms with Crippen LogP contribution in [0.15, 0.2) is 30.6 Å². The second kappa shape index (κ2) is 11.8. The Kier molecular flexibility index (Phi) is 8.55. The van der Waals surface area contributed by atoms with Crippen molar-refractivity contribution in [1.29, 1.82) is 0 Å². The molecule has 1 saturated heterocycles. The third-order valence-electron chi connectivity index (χ3n) is 7.19. The van der Waals surface area contributed by atoms with E-state index in [1.165, 1.54) is 30.2 Å². The predicted molar refractivity (Wildman–Crippen MR) is 133 cm³/mol. The van der Waals surface area contributed by atoms with Gasteiger partial charge in [-0.1, -0.05) is 6.07 Å². The van der Waals surface area contributed by atoms with Crippen molar-refractivity contribution in [2.75, 3.05) is 45.3 Å². The Balaban J connectivity index is 1.16. The van der Waals surface area contributed by atoms with Crippen LogP contribution >= 0.6 is 0 Å². The lowest BCUT2D eigenvalue weighted by Crippen LogP contribution is -2.35. The van der Waals surface area contributed by atoms with Crippen molar-refractivity contribution in [3.05, 3.63) is 47.5 Å². The number of piperidine rings is 1. The normalized spacial score (nSPS) is 20.1. The largest absolute Gasteiger partial charge is 0.493 e. The molecule has 1 amide bonds. The minimum absolute atomic E-state index is 0.0625. The van der Waals surface area contributed by atoms with Gasteiger partial charge in [-0.15, -0.1) is 0 Å². The smallest absolute Gasteiger partial charge is 0.226 e. The number of ether oxygens (including phenoxy) is 2. The summed E-state index contributed by atoms with van der Waals surface area (Å²) >= 11 is 0. The van der Waals surface area contributed by atoms with E-state index in [1.54, 1.807) is 26.2 Å². The van der Waals surface area contributed by atoms with Crippen LogP contribution in [0.3, 0.4) is 0 Å². The molecule has 2 atom stereocenters. The molecule has 1 saturated carbocycles. The molecule has 2 aliphatic rings. The number of carbonyl (C=O) groups is 1. The van der Waals surface area contributed by atoms with Gasteiger partial charge in [0, 0.05) is 57.8 Å². The van der Waals surface area contributed by atoms with Gasteiger partial charge in [-0.25, -0.2) is 14.4 Å². The van der Waals surface area contributed by atoms with Crippen molar-refractivity contribution in [2.45, 2.75) is 45.6 Å². The topological polar surface area (TPSA) is 67.8 Å². The Hall–Kier alpha value is -2.74. The Morgan fingerprint density at radius 2 is 1.94 bits per heavy atom. The Morgan fingerprint density at radius 3 is 2.60 bits per heavy atom. The van der Waals surface area contributed by atoms with Crippen LogP contribution in [0.2, 0.25) is 0 Å². The van der Waals surface area contributed by atoms with E-state index in [1.807, 2.05) is 19.3 Å². The lowest BCUT2D eigenvalue weighted by molar-refractivity contribution is -0.128. The zero-order valence-electron chi connectivity index (χ0n) is 21.1. The first-order chi connectivity index (χ1) is 16.9. The fraction of sp³-hybridized carbons (Fsp3) is 0.593. The highest BCUT2D eigenvalue weighted by atomic mass is 19.1. The Morgan fingerprint density at radius 1 is 1.20 bits per heavy atom. The molecule has 0 radical (unpaired) electrons. The molecule has 8 heteroatoms. The van der Waals surface area contributed by atoms with Crippen LogP contribution < -0.4 is 9.64 Å². The van der Waals surface area contributed by atoms with E-state index >= 15 is 0 Å². The minimum Gasteiger partial charge on any atom is -0.493 e. The Labute approximate surface area is 207 Å². The van der Waals surface area contributed by atoms with Crippen molar-refractivity contribution in [3.63, 3.8) is 0 Å². The highest BCUT2D eigenvalue weighted by Gasteiger charge is 2.43. The lowest BCUT2D eigenvalue weighted by Gasteiger charge is -2.32. The minimum atomic E-state index is -0.387. The van der Waals surface area contributed by atoms with Crippen LogP contribution in [0.5, 0.6) is 5.75 Å². The molecular formula is C27H37FN4O3. The maximum atomic E-state index is 14.3. The van der Waals surface area contributed by atoms with E-state index in [0.717, 1.165) is 42.9 Å². The van der Waals surface area contributed by atoms with Crippen LogP contribution in [-0.4, -0.2) is 61.2 Å². The molecule has 0 bridgehead atoms. The van der Waals surface area contributed by atoms with Gasteiger partial charge in [0.05, 0.1) is 19.6 Å². The number of carbonyl (C=O) groups excluding carboxylic acids is 1. The molecule has 1 aliphatic carbocycles. The SMILES string of the molecule is CCOCc1cnc(N2CCC([C@H]3CC3CCOc3ccc(CC(=O)N(C)C)c(F)c3)CC2)nc1. The monoisotopic (exact) mass is 484 g/mol. The number of nitrogens with zero attached hydrogens (tertiary/aromatic N) is 4. The molecule has 4 rings (SSSR count). The second-order valence-corrected chi connectivity index (χ2v) is 9.87. The van der Waals surface area contributed by atoms with Crippen LogP contribution in [0.4, 0.5) is 10.3 Å². The molecule has 2 heterocycles. The van der Waals surface area contributed by atoms with E-state index in [4.69, 9.17) is 9.47 Å². The van der Waals surface area contributed by atoms with Crippen molar-refractivity contribution < 1.29 is 18.7 Å². The van der Waals surface area contributed by atoms with Crippen LogP contribution in [0.1, 0.15) is 43.7 Å². The maximum absolute atomic E-state index is 14.3. The van der Waals surface area contributed by atoms with Gasteiger partial charge < -0.3 is 19.3 Å². The molecule has 190 valence electrons. The molecule has 2 fully saturated rings. The van der Waals surface area contributed by atoms with E-state index < -0.39 is 0 Å². The molecule has 2 aromatic rings. The van der Waals surface area contributed by atoms with Gasteiger partial charge in [-0.2, -0.15) is 0 Å². The van der Waals surface area contributed by atoms with Crippen molar-refractivity contribution in [2.24, 2.45) is 17.8 Å². The number of benzene rings is 1. The molecular weight excluding hydrogens is 447 g/mol. The first kappa shape index (κ1) is 25.4. The molecule has 0 N–H and O–H groups in total. The maximum Gasteiger partial charge on any atom is 0.226 e. The first-order valence-electron chi connectivity index (χ1n) is 12.7. The molecule has 1 unspecified atom stereocenters. The van der Waals surface area contributed by atoms with Gasteiger partial charge >= 0.3 is 0 Å². The molecule has 1 aromatic carbocycles.